The van der Waals surface area contributed by atoms with E-state index < -0.39 is 0 Å². The zero-order valence-corrected chi connectivity index (χ0v) is 16.7. The first-order chi connectivity index (χ1) is 13.8. The molecule has 4 rings (SSSR count). The highest BCUT2D eigenvalue weighted by molar-refractivity contribution is 5.64. The quantitative estimate of drug-likeness (QED) is 0.324. The lowest BCUT2D eigenvalue weighted by Crippen LogP contribution is -2.40. The van der Waals surface area contributed by atoms with E-state index in [2.05, 4.69) is 67.6 Å². The number of aldehydes is 1. The van der Waals surface area contributed by atoms with Crippen molar-refractivity contribution in [1.29, 1.82) is 0 Å². The van der Waals surface area contributed by atoms with E-state index in [1.54, 1.807) is 0 Å². The topological polar surface area (TPSA) is 26.3 Å². The molecular weight excluding hydrogens is 344 g/mol. The lowest BCUT2D eigenvalue weighted by atomic mass is 9.69. The van der Waals surface area contributed by atoms with Crippen LogP contribution in [0.5, 0.6) is 0 Å². The van der Waals surface area contributed by atoms with Crippen molar-refractivity contribution in [2.75, 3.05) is 6.61 Å². The predicted octanol–water partition coefficient (Wildman–Crippen LogP) is 5.96. The molecule has 0 spiro atoms. The number of carbonyl (C=O) groups is 1. The number of rotatable bonds is 8. The fraction of sp³-hybridized carbons (Fsp3) is 0.423. The molecular formula is C26H30O2. The standard InChI is InChI=1S/C26H30O2/c1-2-3-4-5-9-12-24-23(18-27)25-17-26(24,19-28-25)22-15-13-21(14-16-22)20-10-7-6-8-11-20/h5-11,13-16,18,23-25H,2-4,12,17,19H2,1H3/b9-5-/t23-,24-,25-,26-/m0/s1. The molecule has 2 aromatic rings. The van der Waals surface area contributed by atoms with Crippen molar-refractivity contribution in [2.24, 2.45) is 11.8 Å². The van der Waals surface area contributed by atoms with Crippen LogP contribution in [0.25, 0.3) is 11.1 Å². The average Bonchev–Trinajstić information content (AvgIpc) is 3.32. The van der Waals surface area contributed by atoms with Gasteiger partial charge in [-0.1, -0.05) is 86.5 Å². The third-order valence-corrected chi connectivity index (χ3v) is 6.73. The highest BCUT2D eigenvalue weighted by Gasteiger charge is 2.59. The normalized spacial score (nSPS) is 28.8. The fourth-order valence-corrected chi connectivity index (χ4v) is 5.15. The van der Waals surface area contributed by atoms with Crippen molar-refractivity contribution in [3.05, 3.63) is 72.3 Å². The molecule has 1 heterocycles. The number of hydrogen-bond acceptors (Lipinski definition) is 2. The highest BCUT2D eigenvalue weighted by atomic mass is 16.5. The molecule has 2 aliphatic rings. The van der Waals surface area contributed by atoms with E-state index in [4.69, 9.17) is 4.74 Å². The van der Waals surface area contributed by atoms with Gasteiger partial charge in [-0.05, 0) is 41.9 Å². The Morgan fingerprint density at radius 2 is 1.79 bits per heavy atom. The molecule has 0 amide bonds. The Labute approximate surface area is 168 Å². The second kappa shape index (κ2) is 8.45. The van der Waals surface area contributed by atoms with Gasteiger partial charge in [-0.3, -0.25) is 0 Å². The predicted molar refractivity (Wildman–Crippen MR) is 114 cm³/mol. The molecule has 2 aromatic carbocycles. The van der Waals surface area contributed by atoms with Crippen molar-refractivity contribution >= 4 is 6.29 Å². The summed E-state index contributed by atoms with van der Waals surface area (Å²) in [5, 5.41) is 0. The molecule has 28 heavy (non-hydrogen) atoms. The van der Waals surface area contributed by atoms with E-state index in [0.29, 0.717) is 5.92 Å². The largest absolute Gasteiger partial charge is 0.376 e. The van der Waals surface area contributed by atoms with Crippen LogP contribution in [0.2, 0.25) is 0 Å². The Kier molecular flexibility index (Phi) is 5.77. The maximum Gasteiger partial charge on any atom is 0.125 e. The summed E-state index contributed by atoms with van der Waals surface area (Å²) < 4.78 is 6.05. The van der Waals surface area contributed by atoms with Crippen LogP contribution in [0.1, 0.15) is 44.6 Å². The van der Waals surface area contributed by atoms with Gasteiger partial charge in [0.15, 0.2) is 0 Å². The lowest BCUT2D eigenvalue weighted by Gasteiger charge is -2.37. The molecule has 2 fully saturated rings. The molecule has 2 bridgehead atoms. The van der Waals surface area contributed by atoms with E-state index in [9.17, 15) is 4.79 Å². The smallest absolute Gasteiger partial charge is 0.125 e. The summed E-state index contributed by atoms with van der Waals surface area (Å²) in [6, 6.07) is 19.4. The van der Waals surface area contributed by atoms with Gasteiger partial charge in [-0.25, -0.2) is 0 Å². The molecule has 0 N–H and O–H groups in total. The minimum absolute atomic E-state index is 0.0124. The van der Waals surface area contributed by atoms with Crippen LogP contribution in [0, 0.1) is 11.8 Å². The lowest BCUT2D eigenvalue weighted by molar-refractivity contribution is -0.119. The molecule has 0 unspecified atom stereocenters. The number of fused-ring (bicyclic) bond motifs is 2. The summed E-state index contributed by atoms with van der Waals surface area (Å²) >= 11 is 0. The summed E-state index contributed by atoms with van der Waals surface area (Å²) in [6.45, 7) is 2.96. The van der Waals surface area contributed by atoms with Crippen molar-refractivity contribution < 1.29 is 9.53 Å². The highest BCUT2D eigenvalue weighted by Crippen LogP contribution is 2.56. The molecule has 1 saturated heterocycles. The summed E-state index contributed by atoms with van der Waals surface area (Å²) in [5.74, 6) is 0.350. The number of ether oxygens (including phenoxy) is 1. The van der Waals surface area contributed by atoms with Crippen LogP contribution in [-0.2, 0) is 14.9 Å². The Hall–Kier alpha value is -2.19. The first-order valence-electron chi connectivity index (χ1n) is 10.7. The van der Waals surface area contributed by atoms with Gasteiger partial charge in [0.1, 0.15) is 6.29 Å². The van der Waals surface area contributed by atoms with Gasteiger partial charge in [-0.15, -0.1) is 0 Å². The maximum atomic E-state index is 11.9. The first kappa shape index (κ1) is 19.1. The molecule has 2 nitrogen and oxygen atoms in total. The molecule has 146 valence electrons. The molecule has 1 aliphatic carbocycles. The Balaban J connectivity index is 1.58. The Morgan fingerprint density at radius 3 is 2.50 bits per heavy atom. The van der Waals surface area contributed by atoms with Gasteiger partial charge in [0.2, 0.25) is 0 Å². The third-order valence-electron chi connectivity index (χ3n) is 6.73. The zero-order chi connectivity index (χ0) is 19.4. The SMILES string of the molecule is CCCC/C=C\C[C@H]1[C@H](C=O)[C@@H]2C[C@@]1(c1ccc(-c3ccccc3)cc1)CO2. The molecule has 2 heteroatoms. The van der Waals surface area contributed by atoms with Gasteiger partial charge < -0.3 is 9.53 Å². The average molecular weight is 375 g/mol. The minimum atomic E-state index is -0.0272. The van der Waals surface area contributed by atoms with Gasteiger partial charge in [-0.2, -0.15) is 0 Å². The van der Waals surface area contributed by atoms with Gasteiger partial charge in [0, 0.05) is 11.3 Å². The molecule has 4 atom stereocenters. The van der Waals surface area contributed by atoms with E-state index >= 15 is 0 Å². The summed E-state index contributed by atoms with van der Waals surface area (Å²) in [7, 11) is 0. The van der Waals surface area contributed by atoms with Crippen molar-refractivity contribution in [3.63, 3.8) is 0 Å². The molecule has 0 radical (unpaired) electrons. The number of unbranched alkanes of at least 4 members (excludes halogenated alkanes) is 2. The van der Waals surface area contributed by atoms with Crippen LogP contribution in [0.15, 0.2) is 66.7 Å². The van der Waals surface area contributed by atoms with Crippen LogP contribution in [0.3, 0.4) is 0 Å². The maximum absolute atomic E-state index is 11.9. The van der Waals surface area contributed by atoms with Crippen LogP contribution in [-0.4, -0.2) is 19.0 Å². The second-order valence-corrected chi connectivity index (χ2v) is 8.32. The van der Waals surface area contributed by atoms with E-state index in [0.717, 1.165) is 32.2 Å². The monoisotopic (exact) mass is 374 g/mol. The van der Waals surface area contributed by atoms with Crippen LogP contribution in [0.4, 0.5) is 0 Å². The third kappa shape index (κ3) is 3.46. The fourth-order valence-electron chi connectivity index (χ4n) is 5.15. The number of allylic oxidation sites excluding steroid dienone is 2. The number of benzene rings is 2. The Bertz CT molecular complexity index is 808. The second-order valence-electron chi connectivity index (χ2n) is 8.32. The Morgan fingerprint density at radius 1 is 1.04 bits per heavy atom. The van der Waals surface area contributed by atoms with Crippen molar-refractivity contribution in [3.8, 4) is 11.1 Å². The van der Waals surface area contributed by atoms with Crippen molar-refractivity contribution in [2.45, 2.75) is 50.5 Å². The summed E-state index contributed by atoms with van der Waals surface area (Å²) in [6.07, 6.45) is 11.3. The van der Waals surface area contributed by atoms with Crippen LogP contribution >= 0.6 is 0 Å². The van der Waals surface area contributed by atoms with Gasteiger partial charge in [0.05, 0.1) is 12.7 Å². The summed E-state index contributed by atoms with van der Waals surface area (Å²) in [4.78, 5) is 11.9. The zero-order valence-electron chi connectivity index (χ0n) is 16.7. The minimum Gasteiger partial charge on any atom is -0.376 e. The van der Waals surface area contributed by atoms with E-state index in [-0.39, 0.29) is 17.4 Å². The molecule has 1 aliphatic heterocycles. The number of carbonyl (C=O) groups excluding carboxylic acids is 1. The van der Waals surface area contributed by atoms with Crippen molar-refractivity contribution in [1.82, 2.24) is 0 Å². The number of hydrogen-bond donors (Lipinski definition) is 0. The van der Waals surface area contributed by atoms with E-state index in [1.807, 2.05) is 6.07 Å². The molecule has 1 saturated carbocycles. The molecule has 0 aromatic heterocycles. The first-order valence-corrected chi connectivity index (χ1v) is 10.7. The summed E-state index contributed by atoms with van der Waals surface area (Å²) in [5.41, 5.74) is 3.77. The van der Waals surface area contributed by atoms with E-state index in [1.165, 1.54) is 29.5 Å². The van der Waals surface area contributed by atoms with Gasteiger partial charge >= 0.3 is 0 Å². The van der Waals surface area contributed by atoms with Gasteiger partial charge in [0.25, 0.3) is 0 Å². The van der Waals surface area contributed by atoms with Crippen LogP contribution < -0.4 is 0 Å².